The monoisotopic (exact) mass is 474 g/mol. The number of hydrogen-bond donors (Lipinski definition) is 3. The van der Waals surface area contributed by atoms with Crippen molar-refractivity contribution in [3.8, 4) is 5.75 Å². The standard InChI is InChI=1S/C17H16FN2O9PS/c18-17(8-27-30(25)26-7-9-3-1-2-4-11(9)29-30)13(23)12(22)15(28-17)20-5-10(6-21)14(24)19-16(20)31/h1-6,12-13,15,22-23H,7-8H2,(H,19,24,31)/t12-,13+,15-,17-,30?/m1/s1. The molecule has 1 aromatic heterocycles. The number of H-pyrrole nitrogens is 1. The number of alkyl halides is 1. The summed E-state index contributed by atoms with van der Waals surface area (Å²) in [6.07, 6.45) is -4.47. The maximum absolute atomic E-state index is 15.3. The molecule has 2 aliphatic rings. The molecule has 0 saturated carbocycles. The van der Waals surface area contributed by atoms with Gasteiger partial charge in [0, 0.05) is 11.8 Å². The minimum atomic E-state index is -4.24. The first-order valence-electron chi connectivity index (χ1n) is 8.86. The Morgan fingerprint density at radius 1 is 1.42 bits per heavy atom. The topological polar surface area (TPSA) is 149 Å². The fraction of sp³-hybridized carbons (Fsp3) is 0.353. The molecule has 2 aliphatic heterocycles. The molecular weight excluding hydrogens is 458 g/mol. The van der Waals surface area contributed by atoms with Crippen LogP contribution in [0.3, 0.4) is 0 Å². The summed E-state index contributed by atoms with van der Waals surface area (Å²) in [6, 6.07) is 6.57. The molecule has 0 bridgehead atoms. The van der Waals surface area contributed by atoms with Gasteiger partial charge < -0.3 is 19.5 Å². The number of nitrogens with one attached hydrogen (secondary N) is 1. The van der Waals surface area contributed by atoms with Crippen LogP contribution in [-0.2, 0) is 25.0 Å². The van der Waals surface area contributed by atoms with Gasteiger partial charge in [-0.05, 0) is 18.3 Å². The molecule has 4 rings (SSSR count). The second kappa shape index (κ2) is 8.02. The van der Waals surface area contributed by atoms with E-state index in [1.165, 1.54) is 6.07 Å². The van der Waals surface area contributed by atoms with Gasteiger partial charge in [0.2, 0.25) is 0 Å². The van der Waals surface area contributed by atoms with Crippen molar-refractivity contribution in [3.63, 3.8) is 0 Å². The zero-order valence-electron chi connectivity index (χ0n) is 15.5. The molecular formula is C17H16FN2O9PS. The molecule has 2 aromatic rings. The Hall–Kier alpha value is -2.25. The summed E-state index contributed by atoms with van der Waals surface area (Å²) in [5, 5.41) is 20.5. The highest BCUT2D eigenvalue weighted by molar-refractivity contribution is 7.71. The Kier molecular flexibility index (Phi) is 5.68. The minimum Gasteiger partial charge on any atom is -0.404 e. The van der Waals surface area contributed by atoms with E-state index in [4.69, 9.17) is 30.5 Å². The number of fused-ring (bicyclic) bond motifs is 1. The predicted octanol–water partition coefficient (Wildman–Crippen LogP) is 1.37. The van der Waals surface area contributed by atoms with Crippen LogP contribution in [-0.4, -0.2) is 50.7 Å². The quantitative estimate of drug-likeness (QED) is 0.329. The number of nitrogens with zero attached hydrogens (tertiary/aromatic N) is 1. The zero-order valence-corrected chi connectivity index (χ0v) is 17.3. The number of phosphoric ester groups is 1. The summed E-state index contributed by atoms with van der Waals surface area (Å²) in [6.45, 7) is -1.24. The van der Waals surface area contributed by atoms with Crippen LogP contribution in [0.2, 0.25) is 0 Å². The van der Waals surface area contributed by atoms with E-state index in [9.17, 15) is 24.4 Å². The number of aliphatic hydroxyl groups excluding tert-OH is 2. The van der Waals surface area contributed by atoms with E-state index >= 15 is 4.39 Å². The zero-order chi connectivity index (χ0) is 22.4. The molecule has 0 aliphatic carbocycles. The number of carbonyl (C=O) groups excluding carboxylic acids is 1. The van der Waals surface area contributed by atoms with Crippen LogP contribution in [0.1, 0.15) is 22.1 Å². The summed E-state index contributed by atoms with van der Waals surface area (Å²) < 4.78 is 49.0. The Morgan fingerprint density at radius 2 is 2.16 bits per heavy atom. The lowest BCUT2D eigenvalue weighted by Crippen LogP contribution is -2.43. The summed E-state index contributed by atoms with van der Waals surface area (Å²) >= 11 is 4.95. The smallest absolute Gasteiger partial charge is 0.404 e. The number of rotatable bonds is 5. The van der Waals surface area contributed by atoms with Crippen molar-refractivity contribution in [1.29, 1.82) is 0 Å². The molecule has 1 fully saturated rings. The maximum atomic E-state index is 15.3. The predicted molar refractivity (Wildman–Crippen MR) is 103 cm³/mol. The molecule has 0 radical (unpaired) electrons. The Bertz CT molecular complexity index is 1190. The van der Waals surface area contributed by atoms with Crippen LogP contribution in [0.15, 0.2) is 35.3 Å². The van der Waals surface area contributed by atoms with Gasteiger partial charge in [0.1, 0.15) is 24.6 Å². The van der Waals surface area contributed by atoms with Gasteiger partial charge in [-0.3, -0.25) is 28.2 Å². The van der Waals surface area contributed by atoms with Crippen molar-refractivity contribution < 1.29 is 42.3 Å². The van der Waals surface area contributed by atoms with Crippen LogP contribution < -0.4 is 10.1 Å². The van der Waals surface area contributed by atoms with E-state index in [0.717, 1.165) is 10.8 Å². The lowest BCUT2D eigenvalue weighted by molar-refractivity contribution is -0.205. The third kappa shape index (κ3) is 4.01. The van der Waals surface area contributed by atoms with Gasteiger partial charge in [-0.2, -0.15) is 0 Å². The third-order valence-corrected chi connectivity index (χ3v) is 6.37. The summed E-state index contributed by atoms with van der Waals surface area (Å²) in [7, 11) is -4.24. The van der Waals surface area contributed by atoms with Crippen molar-refractivity contribution in [1.82, 2.24) is 9.55 Å². The van der Waals surface area contributed by atoms with Crippen molar-refractivity contribution in [2.75, 3.05) is 6.61 Å². The van der Waals surface area contributed by atoms with Crippen molar-refractivity contribution in [2.24, 2.45) is 0 Å². The molecule has 11 nitrogen and oxygen atoms in total. The molecule has 1 unspecified atom stereocenters. The average Bonchev–Trinajstić information content (AvgIpc) is 2.97. The summed E-state index contributed by atoms with van der Waals surface area (Å²) in [5.41, 5.74) is -0.540. The van der Waals surface area contributed by atoms with E-state index in [2.05, 4.69) is 4.98 Å². The maximum Gasteiger partial charge on any atom is 0.530 e. The highest BCUT2D eigenvalue weighted by Crippen LogP contribution is 2.55. The Labute approximate surface area is 178 Å². The normalized spacial score (nSPS) is 32.3. The number of aromatic amines is 1. The number of aromatic nitrogens is 2. The SMILES string of the molecule is O=Cc1cn([C@@H]2O[C@](F)(COP3(=O)OCc4ccccc4O3)[C@@H](O)[C@H]2O)c(=S)[nH]c1=O. The molecule has 0 amide bonds. The van der Waals surface area contributed by atoms with Crippen LogP contribution in [0.25, 0.3) is 0 Å². The highest BCUT2D eigenvalue weighted by Gasteiger charge is 2.57. The van der Waals surface area contributed by atoms with Gasteiger partial charge in [0.25, 0.3) is 11.4 Å². The van der Waals surface area contributed by atoms with Gasteiger partial charge in [0.15, 0.2) is 17.3 Å². The second-order valence-corrected chi connectivity index (χ2v) is 8.77. The van der Waals surface area contributed by atoms with E-state index in [-0.39, 0.29) is 29.0 Å². The number of phosphoric acid groups is 1. The van der Waals surface area contributed by atoms with Crippen LogP contribution >= 0.6 is 20.0 Å². The number of hydrogen-bond acceptors (Lipinski definition) is 10. The van der Waals surface area contributed by atoms with Gasteiger partial charge >= 0.3 is 7.82 Å². The first kappa shape index (κ1) is 22.0. The number of para-hydroxylation sites is 1. The first-order valence-corrected chi connectivity index (χ1v) is 10.7. The molecule has 14 heteroatoms. The fourth-order valence-electron chi connectivity index (χ4n) is 3.10. The van der Waals surface area contributed by atoms with Gasteiger partial charge in [-0.1, -0.05) is 18.2 Å². The van der Waals surface area contributed by atoms with Crippen LogP contribution in [0.5, 0.6) is 5.75 Å². The van der Waals surface area contributed by atoms with E-state index in [1.54, 1.807) is 18.2 Å². The van der Waals surface area contributed by atoms with Crippen LogP contribution in [0.4, 0.5) is 4.39 Å². The van der Waals surface area contributed by atoms with E-state index in [0.29, 0.717) is 5.56 Å². The molecule has 31 heavy (non-hydrogen) atoms. The van der Waals surface area contributed by atoms with E-state index in [1.807, 2.05) is 0 Å². The Balaban J connectivity index is 1.54. The number of aliphatic hydroxyl groups is 2. The van der Waals surface area contributed by atoms with Gasteiger partial charge in [-0.15, -0.1) is 0 Å². The molecule has 1 aromatic carbocycles. The molecule has 5 atom stereocenters. The number of aldehydes is 1. The van der Waals surface area contributed by atoms with Crippen molar-refractivity contribution >= 4 is 26.3 Å². The first-order chi connectivity index (χ1) is 14.7. The lowest BCUT2D eigenvalue weighted by Gasteiger charge is -2.28. The molecule has 166 valence electrons. The largest absolute Gasteiger partial charge is 0.530 e. The number of ether oxygens (including phenoxy) is 1. The van der Waals surface area contributed by atoms with Crippen molar-refractivity contribution in [3.05, 3.63) is 56.7 Å². The van der Waals surface area contributed by atoms with Gasteiger partial charge in [-0.25, -0.2) is 8.96 Å². The lowest BCUT2D eigenvalue weighted by atomic mass is 10.1. The number of carbonyl (C=O) groups is 1. The highest BCUT2D eigenvalue weighted by atomic mass is 32.1. The minimum absolute atomic E-state index is 0.109. The van der Waals surface area contributed by atoms with Crippen molar-refractivity contribution in [2.45, 2.75) is 30.9 Å². The number of halogens is 1. The molecule has 1 saturated heterocycles. The molecule has 0 spiro atoms. The third-order valence-electron chi connectivity index (χ3n) is 4.75. The summed E-state index contributed by atoms with van der Waals surface area (Å²) in [4.78, 5) is 24.8. The van der Waals surface area contributed by atoms with Crippen LogP contribution in [0, 0.1) is 4.77 Å². The van der Waals surface area contributed by atoms with E-state index < -0.39 is 44.3 Å². The second-order valence-electron chi connectivity index (χ2n) is 6.79. The average molecular weight is 474 g/mol. The molecule has 3 heterocycles. The number of benzene rings is 1. The molecule has 3 N–H and O–H groups in total. The fourth-order valence-corrected chi connectivity index (χ4v) is 4.58. The van der Waals surface area contributed by atoms with Gasteiger partial charge in [0.05, 0.1) is 12.2 Å². The summed E-state index contributed by atoms with van der Waals surface area (Å²) in [5.74, 6) is -2.81. The Morgan fingerprint density at radius 3 is 2.90 bits per heavy atom.